The van der Waals surface area contributed by atoms with Gasteiger partial charge in [-0.3, -0.25) is 9.36 Å². The number of aromatic nitrogens is 2. The summed E-state index contributed by atoms with van der Waals surface area (Å²) in [5.74, 6) is 0.857. The first-order chi connectivity index (χ1) is 14.5. The lowest BCUT2D eigenvalue weighted by molar-refractivity contribution is 0.0697. The molecule has 0 bridgehead atoms. The molecule has 0 amide bonds. The minimum atomic E-state index is -1.05. The highest BCUT2D eigenvalue weighted by Crippen LogP contribution is 2.32. The Bertz CT molecular complexity index is 1230. The molecule has 2 heterocycles. The molecule has 7 nitrogen and oxygen atoms in total. The molecule has 0 saturated heterocycles. The molecule has 3 aromatic rings. The lowest BCUT2D eigenvalue weighted by Gasteiger charge is -2.11. The zero-order chi connectivity index (χ0) is 21.3. The summed E-state index contributed by atoms with van der Waals surface area (Å²) in [6, 6.07) is 10.1. The van der Waals surface area contributed by atoms with Crippen LogP contribution in [0.3, 0.4) is 0 Å². The maximum Gasteiger partial charge on any atom is 0.335 e. The zero-order valence-electron chi connectivity index (χ0n) is 16.8. The number of carboxylic acid groups (broad SMARTS) is 1. The monoisotopic (exact) mass is 406 g/mol. The number of carboxylic acids is 1. The summed E-state index contributed by atoms with van der Waals surface area (Å²) in [6.07, 6.45) is 3.54. The zero-order valence-corrected chi connectivity index (χ0v) is 16.8. The molecule has 0 spiro atoms. The van der Waals surface area contributed by atoms with Crippen LogP contribution in [0.25, 0.3) is 22.6 Å². The van der Waals surface area contributed by atoms with Crippen molar-refractivity contribution in [2.24, 2.45) is 0 Å². The van der Waals surface area contributed by atoms with Crippen molar-refractivity contribution < 1.29 is 19.4 Å². The van der Waals surface area contributed by atoms with E-state index in [1.165, 1.54) is 18.2 Å². The second kappa shape index (κ2) is 8.02. The second-order valence-corrected chi connectivity index (χ2v) is 7.11. The molecule has 1 aliphatic rings. The average molecular weight is 406 g/mol. The Hall–Kier alpha value is -3.61. The molecular formula is C23H22N2O5. The summed E-state index contributed by atoms with van der Waals surface area (Å²) in [7, 11) is 1.60. The van der Waals surface area contributed by atoms with E-state index in [0.29, 0.717) is 47.8 Å². The van der Waals surface area contributed by atoms with E-state index in [0.717, 1.165) is 17.6 Å². The van der Waals surface area contributed by atoms with Crippen LogP contribution in [-0.2, 0) is 6.54 Å². The topological polar surface area (TPSA) is 90.7 Å². The molecule has 2 aromatic carbocycles. The smallest absolute Gasteiger partial charge is 0.335 e. The molecule has 1 aromatic heterocycles. The van der Waals surface area contributed by atoms with Gasteiger partial charge in [0.2, 0.25) is 0 Å². The fourth-order valence-corrected chi connectivity index (χ4v) is 3.60. The Morgan fingerprint density at radius 1 is 1.23 bits per heavy atom. The van der Waals surface area contributed by atoms with Gasteiger partial charge in [-0.25, -0.2) is 9.78 Å². The highest BCUT2D eigenvalue weighted by atomic mass is 16.5. The molecule has 0 saturated carbocycles. The van der Waals surface area contributed by atoms with Gasteiger partial charge in [0.1, 0.15) is 5.82 Å². The lowest BCUT2D eigenvalue weighted by Crippen LogP contribution is -2.21. The Kier molecular flexibility index (Phi) is 5.27. The van der Waals surface area contributed by atoms with Crippen molar-refractivity contribution in [3.05, 3.63) is 63.7 Å². The van der Waals surface area contributed by atoms with Gasteiger partial charge in [0.05, 0.1) is 30.2 Å². The van der Waals surface area contributed by atoms with Crippen LogP contribution in [0, 0.1) is 0 Å². The minimum absolute atomic E-state index is 0.107. The van der Waals surface area contributed by atoms with Crippen LogP contribution in [0.15, 0.2) is 41.2 Å². The number of fused-ring (bicyclic) bond motifs is 2. The predicted octanol–water partition coefficient (Wildman–Crippen LogP) is 3.84. The number of carbonyl (C=O) groups is 1. The third-order valence-electron chi connectivity index (χ3n) is 5.08. The van der Waals surface area contributed by atoms with Gasteiger partial charge in [-0.15, -0.1) is 0 Å². The maximum atomic E-state index is 12.9. The summed E-state index contributed by atoms with van der Waals surface area (Å²) in [6.45, 7) is 3.17. The molecule has 1 N–H and O–H groups in total. The van der Waals surface area contributed by atoms with Gasteiger partial charge in [-0.2, -0.15) is 0 Å². The highest BCUT2D eigenvalue weighted by Gasteiger charge is 2.21. The number of benzene rings is 2. The summed E-state index contributed by atoms with van der Waals surface area (Å²) >= 11 is 0. The molecule has 0 radical (unpaired) electrons. The van der Waals surface area contributed by atoms with E-state index < -0.39 is 5.97 Å². The molecule has 0 aliphatic carbocycles. The van der Waals surface area contributed by atoms with E-state index in [1.54, 1.807) is 11.7 Å². The standard InChI is InChI=1S/C23H22N2O5/c1-3-10-30-20-12-14(4-7-19(20)29-2)11-15-8-9-25-21(15)24-18-13-16(23(27)28)5-6-17(18)22(25)26/h4-7,11-13H,3,8-10H2,1-2H3,(H,27,28)/b15-11-. The minimum Gasteiger partial charge on any atom is -0.493 e. The number of nitrogens with zero attached hydrogens (tertiary/aromatic N) is 2. The largest absolute Gasteiger partial charge is 0.493 e. The Balaban J connectivity index is 1.78. The molecule has 0 fully saturated rings. The molecule has 1 aliphatic heterocycles. The van der Waals surface area contributed by atoms with Gasteiger partial charge in [0.15, 0.2) is 11.5 Å². The van der Waals surface area contributed by atoms with Gasteiger partial charge in [-0.1, -0.05) is 13.0 Å². The fraction of sp³-hybridized carbons (Fsp3) is 0.261. The number of methoxy groups -OCH3 is 1. The van der Waals surface area contributed by atoms with Crippen LogP contribution >= 0.6 is 0 Å². The number of hydrogen-bond donors (Lipinski definition) is 1. The maximum absolute atomic E-state index is 12.9. The van der Waals surface area contributed by atoms with Crippen LogP contribution in [0.4, 0.5) is 0 Å². The van der Waals surface area contributed by atoms with Crippen LogP contribution in [0.1, 0.15) is 41.5 Å². The summed E-state index contributed by atoms with van der Waals surface area (Å²) in [4.78, 5) is 28.8. The second-order valence-electron chi connectivity index (χ2n) is 7.11. The SMILES string of the molecule is CCCOc1cc(/C=C2/CCn3c2nc2cc(C(=O)O)ccc2c3=O)ccc1OC. The molecule has 30 heavy (non-hydrogen) atoms. The first kappa shape index (κ1) is 19.7. The van der Waals surface area contributed by atoms with E-state index in [2.05, 4.69) is 4.98 Å². The van der Waals surface area contributed by atoms with Crippen LogP contribution < -0.4 is 15.0 Å². The van der Waals surface area contributed by atoms with E-state index in [4.69, 9.17) is 9.47 Å². The van der Waals surface area contributed by atoms with Crippen molar-refractivity contribution in [2.45, 2.75) is 26.3 Å². The molecule has 0 atom stereocenters. The Morgan fingerprint density at radius 3 is 2.80 bits per heavy atom. The number of aromatic carboxylic acids is 1. The van der Waals surface area contributed by atoms with Crippen molar-refractivity contribution in [1.29, 1.82) is 0 Å². The van der Waals surface area contributed by atoms with Crippen LogP contribution in [0.5, 0.6) is 11.5 Å². The van der Waals surface area contributed by atoms with Gasteiger partial charge >= 0.3 is 5.97 Å². The van der Waals surface area contributed by atoms with Crippen molar-refractivity contribution >= 4 is 28.5 Å². The van der Waals surface area contributed by atoms with Crippen LogP contribution in [-0.4, -0.2) is 34.3 Å². The van der Waals surface area contributed by atoms with Crippen molar-refractivity contribution in [2.75, 3.05) is 13.7 Å². The molecule has 0 unspecified atom stereocenters. The van der Waals surface area contributed by atoms with Gasteiger partial charge in [-0.05, 0) is 60.4 Å². The normalized spacial score (nSPS) is 14.1. The summed E-state index contributed by atoms with van der Waals surface area (Å²) in [5.41, 5.74) is 2.17. The fourth-order valence-electron chi connectivity index (χ4n) is 3.60. The van der Waals surface area contributed by atoms with E-state index in [9.17, 15) is 14.7 Å². The third kappa shape index (κ3) is 3.54. The van der Waals surface area contributed by atoms with Crippen LogP contribution in [0.2, 0.25) is 0 Å². The highest BCUT2D eigenvalue weighted by molar-refractivity contribution is 5.93. The quantitative estimate of drug-likeness (QED) is 0.669. The summed E-state index contributed by atoms with van der Waals surface area (Å²) < 4.78 is 12.8. The molecule has 7 heteroatoms. The van der Waals surface area contributed by atoms with Gasteiger partial charge in [0.25, 0.3) is 5.56 Å². The first-order valence-corrected chi connectivity index (χ1v) is 9.81. The molecule has 154 valence electrons. The lowest BCUT2D eigenvalue weighted by atomic mass is 10.1. The molecule has 4 rings (SSSR count). The van der Waals surface area contributed by atoms with E-state index in [-0.39, 0.29) is 11.1 Å². The van der Waals surface area contributed by atoms with Gasteiger partial charge < -0.3 is 14.6 Å². The van der Waals surface area contributed by atoms with Crippen molar-refractivity contribution in [3.63, 3.8) is 0 Å². The van der Waals surface area contributed by atoms with Crippen molar-refractivity contribution in [3.8, 4) is 11.5 Å². The summed E-state index contributed by atoms with van der Waals surface area (Å²) in [5, 5.41) is 9.66. The molecular weight excluding hydrogens is 384 g/mol. The number of hydrogen-bond acceptors (Lipinski definition) is 5. The Morgan fingerprint density at radius 2 is 2.07 bits per heavy atom. The average Bonchev–Trinajstić information content (AvgIpc) is 3.14. The third-order valence-corrected chi connectivity index (χ3v) is 5.08. The Labute approximate surface area is 173 Å². The predicted molar refractivity (Wildman–Crippen MR) is 114 cm³/mol. The van der Waals surface area contributed by atoms with E-state index in [1.807, 2.05) is 31.2 Å². The number of rotatable bonds is 6. The number of allylic oxidation sites excluding steroid dienone is 1. The first-order valence-electron chi connectivity index (χ1n) is 9.81. The van der Waals surface area contributed by atoms with Crippen molar-refractivity contribution in [1.82, 2.24) is 9.55 Å². The van der Waals surface area contributed by atoms with Gasteiger partial charge in [0, 0.05) is 6.54 Å². The van der Waals surface area contributed by atoms with E-state index >= 15 is 0 Å². The number of ether oxygens (including phenoxy) is 2.